The van der Waals surface area contributed by atoms with Gasteiger partial charge in [-0.05, 0) is 28.5 Å². The Hall–Kier alpha value is -2.30. The highest BCUT2D eigenvalue weighted by molar-refractivity contribution is 8.00. The van der Waals surface area contributed by atoms with Gasteiger partial charge in [0.25, 0.3) is 5.91 Å². The van der Waals surface area contributed by atoms with Crippen LogP contribution in [0.25, 0.3) is 10.8 Å². The van der Waals surface area contributed by atoms with Crippen molar-refractivity contribution in [3.8, 4) is 0 Å². The molecule has 3 aromatic rings. The lowest BCUT2D eigenvalue weighted by Crippen LogP contribution is -2.24. The Morgan fingerprint density at radius 1 is 0.909 bits per heavy atom. The van der Waals surface area contributed by atoms with Gasteiger partial charge in [0.1, 0.15) is 5.25 Å². The Kier molecular flexibility index (Phi) is 4.42. The zero-order chi connectivity index (χ0) is 15.4. The number of carbonyl (C=O) groups is 1. The van der Waals surface area contributed by atoms with E-state index in [9.17, 15) is 4.79 Å². The van der Waals surface area contributed by atoms with Gasteiger partial charge in [0.2, 0.25) is 0 Å². The third-order valence-electron chi connectivity index (χ3n) is 3.43. The van der Waals surface area contributed by atoms with Crippen molar-refractivity contribution < 1.29 is 10.0 Å². The van der Waals surface area contributed by atoms with Crippen LogP contribution >= 0.6 is 11.8 Å². The van der Waals surface area contributed by atoms with Gasteiger partial charge < -0.3 is 0 Å². The van der Waals surface area contributed by atoms with Crippen LogP contribution in [0.1, 0.15) is 10.8 Å². The minimum atomic E-state index is -0.493. The lowest BCUT2D eigenvalue weighted by Gasteiger charge is -2.15. The van der Waals surface area contributed by atoms with Crippen LogP contribution in [0.3, 0.4) is 0 Å². The number of amides is 1. The number of hydroxylamine groups is 1. The van der Waals surface area contributed by atoms with Crippen LogP contribution < -0.4 is 5.48 Å². The van der Waals surface area contributed by atoms with Crippen molar-refractivity contribution in [2.75, 3.05) is 0 Å². The van der Waals surface area contributed by atoms with Crippen LogP contribution in [0, 0.1) is 0 Å². The molecule has 3 rings (SSSR count). The molecule has 0 saturated heterocycles. The molecule has 0 spiro atoms. The molecule has 0 saturated carbocycles. The third kappa shape index (κ3) is 3.13. The molecule has 1 unspecified atom stereocenters. The zero-order valence-electron chi connectivity index (χ0n) is 11.8. The highest BCUT2D eigenvalue weighted by Crippen LogP contribution is 2.36. The van der Waals surface area contributed by atoms with E-state index in [1.807, 2.05) is 60.7 Å². The van der Waals surface area contributed by atoms with Gasteiger partial charge in [0.05, 0.1) is 0 Å². The number of rotatable bonds is 4. The van der Waals surface area contributed by atoms with Gasteiger partial charge in [0, 0.05) is 4.90 Å². The summed E-state index contributed by atoms with van der Waals surface area (Å²) >= 11 is 1.42. The monoisotopic (exact) mass is 309 g/mol. The number of nitrogens with one attached hydrogen (secondary N) is 1. The van der Waals surface area contributed by atoms with Crippen molar-refractivity contribution in [3.63, 3.8) is 0 Å². The summed E-state index contributed by atoms with van der Waals surface area (Å²) in [5.74, 6) is -0.427. The number of benzene rings is 3. The summed E-state index contributed by atoms with van der Waals surface area (Å²) in [5.41, 5.74) is 2.62. The van der Waals surface area contributed by atoms with Gasteiger partial charge >= 0.3 is 0 Å². The molecule has 2 N–H and O–H groups in total. The second-order valence-corrected chi connectivity index (χ2v) is 6.07. The van der Waals surface area contributed by atoms with Crippen molar-refractivity contribution in [2.24, 2.45) is 0 Å². The Labute approximate surface area is 132 Å². The van der Waals surface area contributed by atoms with Crippen LogP contribution in [0.5, 0.6) is 0 Å². The second kappa shape index (κ2) is 6.64. The maximum atomic E-state index is 12.0. The fraction of sp³-hybridized carbons (Fsp3) is 0.0556. The van der Waals surface area contributed by atoms with Crippen molar-refractivity contribution in [3.05, 3.63) is 78.4 Å². The van der Waals surface area contributed by atoms with Gasteiger partial charge in [-0.1, -0.05) is 60.7 Å². The SMILES string of the molecule is O=C(NO)C(Sc1ccc2ccccc2c1)c1ccccc1. The minimum Gasteiger partial charge on any atom is -0.289 e. The highest BCUT2D eigenvalue weighted by atomic mass is 32.2. The summed E-state index contributed by atoms with van der Waals surface area (Å²) < 4.78 is 0. The normalized spacial score (nSPS) is 12.0. The molecule has 22 heavy (non-hydrogen) atoms. The predicted molar refractivity (Wildman–Crippen MR) is 88.9 cm³/mol. The fourth-order valence-corrected chi connectivity index (χ4v) is 3.40. The average molecular weight is 309 g/mol. The van der Waals surface area contributed by atoms with Crippen LogP contribution in [0.15, 0.2) is 77.7 Å². The van der Waals surface area contributed by atoms with Gasteiger partial charge in [-0.2, -0.15) is 0 Å². The molecule has 0 aliphatic carbocycles. The Bertz CT molecular complexity index is 789. The lowest BCUT2D eigenvalue weighted by atomic mass is 10.1. The lowest BCUT2D eigenvalue weighted by molar-refractivity contribution is -0.128. The maximum absolute atomic E-state index is 12.0. The van der Waals surface area contributed by atoms with E-state index in [2.05, 4.69) is 12.1 Å². The molecule has 3 nitrogen and oxygen atoms in total. The van der Waals surface area contributed by atoms with Gasteiger partial charge in [-0.15, -0.1) is 11.8 Å². The largest absolute Gasteiger partial charge is 0.289 e. The summed E-state index contributed by atoms with van der Waals surface area (Å²) in [7, 11) is 0. The van der Waals surface area contributed by atoms with E-state index in [1.165, 1.54) is 11.8 Å². The number of hydrogen-bond donors (Lipinski definition) is 2. The maximum Gasteiger partial charge on any atom is 0.261 e. The van der Waals surface area contributed by atoms with E-state index in [1.54, 1.807) is 5.48 Å². The molecule has 0 heterocycles. The molecule has 4 heteroatoms. The van der Waals surface area contributed by atoms with E-state index >= 15 is 0 Å². The molecule has 0 fully saturated rings. The quantitative estimate of drug-likeness (QED) is 0.432. The average Bonchev–Trinajstić information content (AvgIpc) is 2.59. The summed E-state index contributed by atoms with van der Waals surface area (Å²) in [6, 6.07) is 23.6. The first-order chi connectivity index (χ1) is 10.8. The Morgan fingerprint density at radius 3 is 2.32 bits per heavy atom. The standard InChI is InChI=1S/C18H15NO2S/c20-18(19-21)17(14-7-2-1-3-8-14)22-16-11-10-13-6-4-5-9-15(13)12-16/h1-12,17,21H,(H,19,20). The van der Waals surface area contributed by atoms with Gasteiger partial charge in [-0.25, -0.2) is 5.48 Å². The minimum absolute atomic E-state index is 0.427. The molecule has 0 radical (unpaired) electrons. The van der Waals surface area contributed by atoms with E-state index in [-0.39, 0.29) is 0 Å². The van der Waals surface area contributed by atoms with Crippen LogP contribution in [0.2, 0.25) is 0 Å². The summed E-state index contributed by atoms with van der Waals surface area (Å²) in [6.07, 6.45) is 0. The number of carbonyl (C=O) groups excluding carboxylic acids is 1. The third-order valence-corrected chi connectivity index (χ3v) is 4.67. The Morgan fingerprint density at radius 2 is 1.59 bits per heavy atom. The second-order valence-electron chi connectivity index (χ2n) is 4.89. The van der Waals surface area contributed by atoms with Gasteiger partial charge in [-0.3, -0.25) is 10.0 Å². The van der Waals surface area contributed by atoms with Crippen molar-refractivity contribution >= 4 is 28.4 Å². The first kappa shape index (κ1) is 14.6. The smallest absolute Gasteiger partial charge is 0.261 e. The summed E-state index contributed by atoms with van der Waals surface area (Å²) in [4.78, 5) is 13.0. The predicted octanol–water partition coefficient (Wildman–Crippen LogP) is 4.18. The topological polar surface area (TPSA) is 49.3 Å². The molecule has 0 aliphatic heterocycles. The van der Waals surface area contributed by atoms with Crippen molar-refractivity contribution in [1.29, 1.82) is 0 Å². The molecular formula is C18H15NO2S. The van der Waals surface area contributed by atoms with Gasteiger partial charge in [0.15, 0.2) is 0 Å². The van der Waals surface area contributed by atoms with Crippen LogP contribution in [-0.4, -0.2) is 11.1 Å². The molecular weight excluding hydrogens is 294 g/mol. The Balaban J connectivity index is 1.93. The van der Waals surface area contributed by atoms with E-state index in [4.69, 9.17) is 5.21 Å². The summed E-state index contributed by atoms with van der Waals surface area (Å²) in [6.45, 7) is 0. The molecule has 1 atom stereocenters. The fourth-order valence-electron chi connectivity index (χ4n) is 2.34. The molecule has 1 amide bonds. The van der Waals surface area contributed by atoms with Crippen molar-refractivity contribution in [2.45, 2.75) is 10.1 Å². The van der Waals surface area contributed by atoms with Crippen LogP contribution in [-0.2, 0) is 4.79 Å². The van der Waals surface area contributed by atoms with E-state index in [0.717, 1.165) is 21.2 Å². The van der Waals surface area contributed by atoms with E-state index < -0.39 is 11.2 Å². The first-order valence-electron chi connectivity index (χ1n) is 6.92. The highest BCUT2D eigenvalue weighted by Gasteiger charge is 2.21. The molecule has 0 aromatic heterocycles. The number of fused-ring (bicyclic) bond motifs is 1. The molecule has 0 aliphatic rings. The first-order valence-corrected chi connectivity index (χ1v) is 7.80. The zero-order valence-corrected chi connectivity index (χ0v) is 12.6. The van der Waals surface area contributed by atoms with Crippen molar-refractivity contribution in [1.82, 2.24) is 5.48 Å². The summed E-state index contributed by atoms with van der Waals surface area (Å²) in [5, 5.41) is 10.8. The molecule has 0 bridgehead atoms. The molecule has 110 valence electrons. The van der Waals surface area contributed by atoms with Crippen LogP contribution in [0.4, 0.5) is 0 Å². The van der Waals surface area contributed by atoms with E-state index in [0.29, 0.717) is 0 Å². The number of hydrogen-bond acceptors (Lipinski definition) is 3. The number of thioether (sulfide) groups is 1. The molecule has 3 aromatic carbocycles.